The summed E-state index contributed by atoms with van der Waals surface area (Å²) < 4.78 is 0. The molecule has 4 rings (SSSR count). The summed E-state index contributed by atoms with van der Waals surface area (Å²) in [5.74, 6) is 0. The van der Waals surface area contributed by atoms with Crippen molar-refractivity contribution in [1.82, 2.24) is 0 Å². The quantitative estimate of drug-likeness (QED) is 0.306. The van der Waals surface area contributed by atoms with Crippen LogP contribution in [0.3, 0.4) is 0 Å². The summed E-state index contributed by atoms with van der Waals surface area (Å²) in [7, 11) is 0. The van der Waals surface area contributed by atoms with Crippen LogP contribution in [0.25, 0.3) is 0 Å². The van der Waals surface area contributed by atoms with Crippen molar-refractivity contribution < 1.29 is 10.2 Å². The maximum Gasteiger partial charge on any atom is 0.104 e. The normalized spacial score (nSPS) is 12.9. The predicted octanol–water partition coefficient (Wildman–Crippen LogP) is 6.42. The van der Waals surface area contributed by atoms with Gasteiger partial charge in [0.25, 0.3) is 0 Å². The van der Waals surface area contributed by atoms with Crippen LogP contribution >= 0.6 is 0 Å². The number of benzene rings is 4. The van der Waals surface area contributed by atoms with Crippen molar-refractivity contribution in [3.63, 3.8) is 0 Å². The zero-order valence-corrected chi connectivity index (χ0v) is 18.3. The zero-order valence-electron chi connectivity index (χ0n) is 18.3. The van der Waals surface area contributed by atoms with Gasteiger partial charge in [-0.25, -0.2) is 0 Å². The van der Waals surface area contributed by atoms with Crippen molar-refractivity contribution in [3.8, 4) is 0 Å². The predicted molar refractivity (Wildman–Crippen MR) is 131 cm³/mol. The second-order valence-corrected chi connectivity index (χ2v) is 8.32. The molecule has 0 saturated heterocycles. The first-order valence-corrected chi connectivity index (χ1v) is 11.3. The molecule has 0 fully saturated rings. The minimum Gasteiger partial charge on any atom is -0.384 e. The molecule has 162 valence electrons. The highest BCUT2D eigenvalue weighted by molar-refractivity contribution is 5.33. The maximum atomic E-state index is 10.5. The van der Waals surface area contributed by atoms with E-state index >= 15 is 0 Å². The number of hydrogen-bond acceptors (Lipinski definition) is 2. The summed E-state index contributed by atoms with van der Waals surface area (Å²) in [6.45, 7) is 0. The first kappa shape index (κ1) is 22.0. The lowest BCUT2D eigenvalue weighted by molar-refractivity contribution is 0.220. The van der Waals surface area contributed by atoms with E-state index in [-0.39, 0.29) is 0 Å². The van der Waals surface area contributed by atoms with E-state index in [1.54, 1.807) is 0 Å². The lowest BCUT2D eigenvalue weighted by atomic mass is 9.97. The van der Waals surface area contributed by atoms with Crippen LogP contribution in [0.2, 0.25) is 0 Å². The Morgan fingerprint density at radius 2 is 0.719 bits per heavy atom. The number of aryl methyl sites for hydroxylation is 2. The first-order valence-electron chi connectivity index (χ1n) is 11.3. The number of aliphatic hydroxyl groups is 2. The average Bonchev–Trinajstić information content (AvgIpc) is 2.87. The van der Waals surface area contributed by atoms with E-state index in [4.69, 9.17) is 0 Å². The molecule has 32 heavy (non-hydrogen) atoms. The fraction of sp³-hybridized carbons (Fsp3) is 0.200. The molecule has 4 aromatic carbocycles. The van der Waals surface area contributed by atoms with Crippen LogP contribution in [-0.4, -0.2) is 10.2 Å². The summed E-state index contributed by atoms with van der Waals surface area (Å²) in [4.78, 5) is 0. The Labute approximate surface area is 190 Å². The first-order chi connectivity index (χ1) is 15.7. The number of aliphatic hydroxyl groups excluding tert-OH is 2. The molecule has 2 unspecified atom stereocenters. The van der Waals surface area contributed by atoms with Gasteiger partial charge in [0, 0.05) is 0 Å². The van der Waals surface area contributed by atoms with E-state index in [9.17, 15) is 10.2 Å². The molecule has 2 heteroatoms. The number of hydrogen-bond donors (Lipinski definition) is 2. The Morgan fingerprint density at radius 1 is 0.406 bits per heavy atom. The van der Waals surface area contributed by atoms with Crippen LogP contribution in [0.15, 0.2) is 109 Å². The molecule has 2 nitrogen and oxygen atoms in total. The fourth-order valence-electron chi connectivity index (χ4n) is 4.05. The van der Waals surface area contributed by atoms with Gasteiger partial charge in [-0.2, -0.15) is 0 Å². The second kappa shape index (κ2) is 10.9. The Balaban J connectivity index is 1.24. The standard InChI is InChI=1S/C30H30O2/c31-29(25-11-3-1-4-12-25)27-19-15-23(16-20-27)9-7-8-10-24-17-21-28(22-18-24)30(32)26-13-5-2-6-14-26/h1-6,11-22,29-32H,7-10H2. The topological polar surface area (TPSA) is 40.5 Å². The van der Waals surface area contributed by atoms with Crippen LogP contribution in [0.5, 0.6) is 0 Å². The third kappa shape index (κ3) is 5.73. The van der Waals surface area contributed by atoms with Crippen LogP contribution in [0, 0.1) is 0 Å². The lowest BCUT2D eigenvalue weighted by Crippen LogP contribution is -2.00. The summed E-state index contributed by atoms with van der Waals surface area (Å²) in [5.41, 5.74) is 6.30. The van der Waals surface area contributed by atoms with Crippen molar-refractivity contribution in [3.05, 3.63) is 143 Å². The highest BCUT2D eigenvalue weighted by atomic mass is 16.3. The Hall–Kier alpha value is -3.20. The summed E-state index contributed by atoms with van der Waals surface area (Å²) >= 11 is 0. The molecule has 0 amide bonds. The molecule has 0 saturated carbocycles. The van der Waals surface area contributed by atoms with Gasteiger partial charge in [-0.3, -0.25) is 0 Å². The molecule has 0 spiro atoms. The highest BCUT2D eigenvalue weighted by Crippen LogP contribution is 2.24. The second-order valence-electron chi connectivity index (χ2n) is 8.32. The maximum absolute atomic E-state index is 10.5. The van der Waals surface area contributed by atoms with Gasteiger partial charge in [-0.1, -0.05) is 109 Å². The Kier molecular flexibility index (Phi) is 7.50. The molecule has 0 aliphatic rings. The van der Waals surface area contributed by atoms with Gasteiger partial charge in [0.2, 0.25) is 0 Å². The Bertz CT molecular complexity index is 980. The zero-order chi connectivity index (χ0) is 22.2. The van der Waals surface area contributed by atoms with Crippen molar-refractivity contribution in [2.75, 3.05) is 0 Å². The van der Waals surface area contributed by atoms with Gasteiger partial charge < -0.3 is 10.2 Å². The lowest BCUT2D eigenvalue weighted by Gasteiger charge is -2.12. The molecule has 0 radical (unpaired) electrons. The molecule has 4 aromatic rings. The molecule has 2 atom stereocenters. The van der Waals surface area contributed by atoms with Crippen molar-refractivity contribution in [1.29, 1.82) is 0 Å². The SMILES string of the molecule is OC(c1ccccc1)c1ccc(CCCCc2ccc(C(O)c3ccccc3)cc2)cc1. The van der Waals surface area contributed by atoms with Gasteiger partial charge in [-0.05, 0) is 59.1 Å². The van der Waals surface area contributed by atoms with Gasteiger partial charge in [0.1, 0.15) is 12.2 Å². The molecule has 0 aliphatic heterocycles. The Morgan fingerprint density at radius 3 is 1.06 bits per heavy atom. The number of rotatable bonds is 9. The minimum absolute atomic E-state index is 0.575. The molecule has 2 N–H and O–H groups in total. The monoisotopic (exact) mass is 422 g/mol. The van der Waals surface area contributed by atoms with E-state index < -0.39 is 12.2 Å². The summed E-state index contributed by atoms with van der Waals surface area (Å²) in [5, 5.41) is 21.1. The van der Waals surface area contributed by atoms with Crippen molar-refractivity contribution >= 4 is 0 Å². The van der Waals surface area contributed by atoms with Gasteiger partial charge in [0.15, 0.2) is 0 Å². The van der Waals surface area contributed by atoms with Gasteiger partial charge in [-0.15, -0.1) is 0 Å². The summed E-state index contributed by atoms with van der Waals surface area (Å²) in [6.07, 6.45) is 3.16. The molecule has 0 heterocycles. The third-order valence-corrected chi connectivity index (χ3v) is 6.00. The van der Waals surface area contributed by atoms with E-state index in [1.807, 2.05) is 84.9 Å². The van der Waals surface area contributed by atoms with E-state index in [1.165, 1.54) is 11.1 Å². The smallest absolute Gasteiger partial charge is 0.104 e. The van der Waals surface area contributed by atoms with E-state index in [0.717, 1.165) is 47.9 Å². The van der Waals surface area contributed by atoms with Crippen molar-refractivity contribution in [2.45, 2.75) is 37.9 Å². The molecule has 0 aromatic heterocycles. The summed E-state index contributed by atoms with van der Waals surface area (Å²) in [6, 6.07) is 36.2. The fourth-order valence-corrected chi connectivity index (χ4v) is 4.05. The minimum atomic E-state index is -0.575. The van der Waals surface area contributed by atoms with E-state index in [2.05, 4.69) is 24.3 Å². The average molecular weight is 423 g/mol. The molecule has 0 bridgehead atoms. The van der Waals surface area contributed by atoms with Crippen LogP contribution in [0.4, 0.5) is 0 Å². The third-order valence-electron chi connectivity index (χ3n) is 6.00. The number of unbranched alkanes of at least 4 members (excludes halogenated alkanes) is 1. The van der Waals surface area contributed by atoms with Gasteiger partial charge in [0.05, 0.1) is 0 Å². The molecular weight excluding hydrogens is 392 g/mol. The van der Waals surface area contributed by atoms with Crippen molar-refractivity contribution in [2.24, 2.45) is 0 Å². The highest BCUT2D eigenvalue weighted by Gasteiger charge is 2.10. The van der Waals surface area contributed by atoms with Crippen LogP contribution in [0.1, 0.15) is 58.4 Å². The molecular formula is C30H30O2. The van der Waals surface area contributed by atoms with Gasteiger partial charge >= 0.3 is 0 Å². The van der Waals surface area contributed by atoms with Crippen LogP contribution < -0.4 is 0 Å². The van der Waals surface area contributed by atoms with Crippen LogP contribution in [-0.2, 0) is 12.8 Å². The molecule has 0 aliphatic carbocycles. The largest absolute Gasteiger partial charge is 0.384 e. The van der Waals surface area contributed by atoms with E-state index in [0.29, 0.717) is 0 Å².